The molecule has 0 bridgehead atoms. The Balaban J connectivity index is 2.02. The van der Waals surface area contributed by atoms with E-state index in [1.54, 1.807) is 19.1 Å². The first-order valence-corrected chi connectivity index (χ1v) is 8.09. The molecule has 1 aromatic carbocycles. The molecule has 0 radical (unpaired) electrons. The molecule has 0 atom stereocenters. The van der Waals surface area contributed by atoms with Gasteiger partial charge in [0.05, 0.1) is 16.3 Å². The molecule has 0 saturated heterocycles. The summed E-state index contributed by atoms with van der Waals surface area (Å²) in [5, 5.41) is 8.30. The number of halogens is 1. The monoisotopic (exact) mass is 315 g/mol. The van der Waals surface area contributed by atoms with Gasteiger partial charge in [-0.2, -0.15) is 0 Å². The van der Waals surface area contributed by atoms with Gasteiger partial charge in [0.1, 0.15) is 0 Å². The third-order valence-electron chi connectivity index (χ3n) is 2.61. The maximum atomic E-state index is 11.3. The van der Waals surface area contributed by atoms with Crippen molar-refractivity contribution >= 4 is 21.6 Å². The first kappa shape index (κ1) is 15.0. The molecule has 2 aromatic rings. The van der Waals surface area contributed by atoms with Crippen molar-refractivity contribution in [3.63, 3.8) is 0 Å². The van der Waals surface area contributed by atoms with Crippen LogP contribution < -0.4 is 4.72 Å². The molecule has 20 heavy (non-hydrogen) atoms. The number of sulfonamides is 1. The average Bonchev–Trinajstić information content (AvgIpc) is 2.88. The van der Waals surface area contributed by atoms with E-state index < -0.39 is 10.0 Å². The van der Waals surface area contributed by atoms with E-state index in [4.69, 9.17) is 16.0 Å². The van der Waals surface area contributed by atoms with E-state index in [1.165, 1.54) is 0 Å². The fraction of sp³-hybridized carbons (Fsp3) is 0.333. The smallest absolute Gasteiger partial charge is 0.249 e. The van der Waals surface area contributed by atoms with Crippen molar-refractivity contribution in [2.45, 2.75) is 13.3 Å². The zero-order valence-electron chi connectivity index (χ0n) is 10.8. The molecule has 8 heteroatoms. The summed E-state index contributed by atoms with van der Waals surface area (Å²) >= 11 is 6.03. The highest BCUT2D eigenvalue weighted by molar-refractivity contribution is 7.89. The van der Waals surface area contributed by atoms with Crippen molar-refractivity contribution in [1.82, 2.24) is 14.9 Å². The van der Waals surface area contributed by atoms with Gasteiger partial charge in [-0.05, 0) is 19.1 Å². The lowest BCUT2D eigenvalue weighted by Gasteiger charge is -2.01. The summed E-state index contributed by atoms with van der Waals surface area (Å²) in [6.45, 7) is 1.80. The Morgan fingerprint density at radius 1 is 1.30 bits per heavy atom. The van der Waals surface area contributed by atoms with Crippen molar-refractivity contribution in [3.05, 3.63) is 35.2 Å². The van der Waals surface area contributed by atoms with Crippen molar-refractivity contribution in [1.29, 1.82) is 0 Å². The minimum atomic E-state index is -3.20. The molecule has 0 spiro atoms. The lowest BCUT2D eigenvalue weighted by Crippen LogP contribution is -2.27. The Bertz CT molecular complexity index is 685. The zero-order valence-corrected chi connectivity index (χ0v) is 12.4. The van der Waals surface area contributed by atoms with Gasteiger partial charge in [0.25, 0.3) is 0 Å². The normalized spacial score (nSPS) is 11.7. The van der Waals surface area contributed by atoms with Crippen LogP contribution in [0, 0.1) is 0 Å². The quantitative estimate of drug-likeness (QED) is 0.879. The molecule has 0 aliphatic rings. The van der Waals surface area contributed by atoms with Crippen LogP contribution in [0.1, 0.15) is 12.8 Å². The van der Waals surface area contributed by atoms with Gasteiger partial charge in [-0.3, -0.25) is 0 Å². The van der Waals surface area contributed by atoms with Crippen LogP contribution in [-0.4, -0.2) is 30.9 Å². The van der Waals surface area contributed by atoms with Crippen LogP contribution in [0.5, 0.6) is 0 Å². The van der Waals surface area contributed by atoms with E-state index >= 15 is 0 Å². The fourth-order valence-electron chi connectivity index (χ4n) is 1.51. The van der Waals surface area contributed by atoms with Crippen LogP contribution in [0.15, 0.2) is 28.7 Å². The number of benzene rings is 1. The Hall–Kier alpha value is -1.44. The molecule has 6 nitrogen and oxygen atoms in total. The number of aromatic nitrogens is 2. The topological polar surface area (TPSA) is 85.1 Å². The van der Waals surface area contributed by atoms with E-state index in [2.05, 4.69) is 14.9 Å². The number of nitrogens with zero attached hydrogens (tertiary/aromatic N) is 2. The van der Waals surface area contributed by atoms with Crippen molar-refractivity contribution in [2.75, 3.05) is 12.3 Å². The summed E-state index contributed by atoms with van der Waals surface area (Å²) in [6, 6.07) is 7.14. The molecular weight excluding hydrogens is 302 g/mol. The largest absolute Gasteiger partial charge is 0.421 e. The molecule has 1 aromatic heterocycles. The van der Waals surface area contributed by atoms with Crippen LogP contribution in [0.2, 0.25) is 5.02 Å². The lowest BCUT2D eigenvalue weighted by molar-refractivity contribution is 0.502. The van der Waals surface area contributed by atoms with Gasteiger partial charge < -0.3 is 4.42 Å². The maximum Gasteiger partial charge on any atom is 0.249 e. The van der Waals surface area contributed by atoms with Crippen LogP contribution in [0.25, 0.3) is 11.5 Å². The summed E-state index contributed by atoms with van der Waals surface area (Å²) in [5.41, 5.74) is 0.655. The Kier molecular flexibility index (Phi) is 4.74. The van der Waals surface area contributed by atoms with Gasteiger partial charge in [-0.1, -0.05) is 23.7 Å². The van der Waals surface area contributed by atoms with Gasteiger partial charge in [0.2, 0.25) is 21.8 Å². The van der Waals surface area contributed by atoms with Crippen molar-refractivity contribution < 1.29 is 12.8 Å². The van der Waals surface area contributed by atoms with E-state index in [0.29, 0.717) is 28.8 Å². The number of nitrogens with one attached hydrogen (secondary N) is 1. The van der Waals surface area contributed by atoms with Crippen LogP contribution in [0.3, 0.4) is 0 Å². The molecule has 1 N–H and O–H groups in total. The SMILES string of the molecule is CCS(=O)(=O)NCCc1nnc(-c2ccccc2Cl)o1. The van der Waals surface area contributed by atoms with E-state index in [1.807, 2.05) is 12.1 Å². The molecule has 0 saturated carbocycles. The average molecular weight is 316 g/mol. The third kappa shape index (κ3) is 3.78. The minimum absolute atomic E-state index is 0.0434. The molecule has 2 rings (SSSR count). The molecular formula is C12H14ClN3O3S. The first-order chi connectivity index (χ1) is 9.52. The van der Waals surface area contributed by atoms with E-state index in [0.717, 1.165) is 0 Å². The summed E-state index contributed by atoms with van der Waals surface area (Å²) in [7, 11) is -3.20. The van der Waals surface area contributed by atoms with Gasteiger partial charge in [-0.25, -0.2) is 13.1 Å². The number of hydrogen-bond donors (Lipinski definition) is 1. The standard InChI is InChI=1S/C12H14ClN3O3S/c1-2-20(17,18)14-8-7-11-15-16-12(19-11)9-5-3-4-6-10(9)13/h3-6,14H,2,7-8H2,1H3. The summed E-state index contributed by atoms with van der Waals surface area (Å²) < 4.78 is 30.4. The lowest BCUT2D eigenvalue weighted by atomic mass is 10.2. The molecule has 0 aliphatic heterocycles. The first-order valence-electron chi connectivity index (χ1n) is 6.06. The fourth-order valence-corrected chi connectivity index (χ4v) is 2.35. The number of rotatable bonds is 6. The molecule has 108 valence electrons. The molecule has 0 fully saturated rings. The van der Waals surface area contributed by atoms with E-state index in [9.17, 15) is 8.42 Å². The van der Waals surface area contributed by atoms with E-state index in [-0.39, 0.29) is 12.3 Å². The van der Waals surface area contributed by atoms with Crippen molar-refractivity contribution in [2.24, 2.45) is 0 Å². The van der Waals surface area contributed by atoms with Crippen LogP contribution in [-0.2, 0) is 16.4 Å². The predicted octanol–water partition coefficient (Wildman–Crippen LogP) is 1.87. The second-order valence-electron chi connectivity index (χ2n) is 4.03. The highest BCUT2D eigenvalue weighted by atomic mass is 35.5. The second-order valence-corrected chi connectivity index (χ2v) is 6.53. The Labute approximate surface area is 122 Å². The zero-order chi connectivity index (χ0) is 14.6. The highest BCUT2D eigenvalue weighted by Crippen LogP contribution is 2.26. The maximum absolute atomic E-state index is 11.3. The predicted molar refractivity (Wildman–Crippen MR) is 75.9 cm³/mol. The molecule has 0 aliphatic carbocycles. The van der Waals surface area contributed by atoms with Crippen LogP contribution in [0.4, 0.5) is 0 Å². The summed E-state index contributed by atoms with van der Waals surface area (Å²) in [4.78, 5) is 0. The van der Waals surface area contributed by atoms with Crippen molar-refractivity contribution in [3.8, 4) is 11.5 Å². The Morgan fingerprint density at radius 3 is 2.75 bits per heavy atom. The molecule has 0 unspecified atom stereocenters. The Morgan fingerprint density at radius 2 is 2.05 bits per heavy atom. The third-order valence-corrected chi connectivity index (χ3v) is 4.35. The minimum Gasteiger partial charge on any atom is -0.421 e. The number of hydrogen-bond acceptors (Lipinski definition) is 5. The molecule has 1 heterocycles. The van der Waals surface area contributed by atoms with Gasteiger partial charge in [-0.15, -0.1) is 10.2 Å². The van der Waals surface area contributed by atoms with Crippen LogP contribution >= 0.6 is 11.6 Å². The summed E-state index contributed by atoms with van der Waals surface area (Å²) in [6.07, 6.45) is 0.330. The van der Waals surface area contributed by atoms with Gasteiger partial charge in [0.15, 0.2) is 0 Å². The molecule has 0 amide bonds. The highest BCUT2D eigenvalue weighted by Gasteiger charge is 2.12. The summed E-state index contributed by atoms with van der Waals surface area (Å²) in [5.74, 6) is 0.726. The van der Waals surface area contributed by atoms with Gasteiger partial charge in [0, 0.05) is 13.0 Å². The van der Waals surface area contributed by atoms with Gasteiger partial charge >= 0.3 is 0 Å². The second kappa shape index (κ2) is 6.34.